The van der Waals surface area contributed by atoms with Gasteiger partial charge in [-0.3, -0.25) is 15.0 Å². The largest absolute Gasteiger partial charge is 0.467 e. The SMILES string of the molecule is COC(=O)[C@H]1ON(c2ccccc2)[C@H]2[C@@H]1CCC[C@@H]2[C@H](C[N+](=O)[O-])c1ccccc1. The van der Waals surface area contributed by atoms with Crippen LogP contribution in [0.5, 0.6) is 0 Å². The third-order valence-corrected chi connectivity index (χ3v) is 6.37. The highest BCUT2D eigenvalue weighted by Gasteiger charge is 2.54. The summed E-state index contributed by atoms with van der Waals surface area (Å²) in [5, 5.41) is 13.4. The van der Waals surface area contributed by atoms with Gasteiger partial charge in [-0.05, 0) is 36.5 Å². The van der Waals surface area contributed by atoms with Crippen LogP contribution < -0.4 is 5.06 Å². The average Bonchev–Trinajstić information content (AvgIpc) is 3.18. The van der Waals surface area contributed by atoms with Gasteiger partial charge in [0.1, 0.15) is 0 Å². The highest BCUT2D eigenvalue weighted by atomic mass is 16.7. The number of ether oxygens (including phenoxy) is 1. The summed E-state index contributed by atoms with van der Waals surface area (Å²) in [6.45, 7) is -0.149. The van der Waals surface area contributed by atoms with Gasteiger partial charge in [0.15, 0.2) is 6.10 Å². The molecule has 7 nitrogen and oxygen atoms in total. The Hall–Kier alpha value is -2.93. The standard InChI is InChI=1S/C23H26N2O5/c1-29-23(26)22-19-14-8-13-18(20(15-24(27)28)16-9-4-2-5-10-16)21(19)25(30-22)17-11-6-3-7-12-17/h2-7,9-12,18-22H,8,13-15H2,1H3/t18-,19+,20-,21-,22+/m1/s1. The zero-order valence-electron chi connectivity index (χ0n) is 16.9. The topological polar surface area (TPSA) is 81.9 Å². The molecule has 0 amide bonds. The Morgan fingerprint density at radius 3 is 2.47 bits per heavy atom. The molecule has 0 aromatic heterocycles. The zero-order valence-corrected chi connectivity index (χ0v) is 16.9. The van der Waals surface area contributed by atoms with Crippen molar-refractivity contribution in [3.8, 4) is 0 Å². The lowest BCUT2D eigenvalue weighted by atomic mass is 9.68. The second kappa shape index (κ2) is 8.83. The van der Waals surface area contributed by atoms with Gasteiger partial charge in [-0.25, -0.2) is 9.86 Å². The average molecular weight is 410 g/mol. The highest BCUT2D eigenvalue weighted by Crippen LogP contribution is 2.48. The van der Waals surface area contributed by atoms with Crippen molar-refractivity contribution in [1.29, 1.82) is 0 Å². The summed E-state index contributed by atoms with van der Waals surface area (Å²) in [7, 11) is 1.37. The molecule has 1 saturated carbocycles. The maximum Gasteiger partial charge on any atom is 0.338 e. The van der Waals surface area contributed by atoms with Gasteiger partial charge >= 0.3 is 5.97 Å². The first-order valence-corrected chi connectivity index (χ1v) is 10.4. The van der Waals surface area contributed by atoms with Crippen LogP contribution in [-0.2, 0) is 14.4 Å². The number of hydroxylamine groups is 1. The van der Waals surface area contributed by atoms with Crippen molar-refractivity contribution >= 4 is 11.7 Å². The van der Waals surface area contributed by atoms with Crippen molar-refractivity contribution in [1.82, 2.24) is 0 Å². The molecular formula is C23H26N2O5. The van der Waals surface area contributed by atoms with Crippen molar-refractivity contribution < 1.29 is 19.3 Å². The third kappa shape index (κ3) is 3.89. The Labute approximate surface area is 175 Å². The van der Waals surface area contributed by atoms with E-state index in [9.17, 15) is 14.9 Å². The maximum atomic E-state index is 12.5. The summed E-state index contributed by atoms with van der Waals surface area (Å²) in [5.41, 5.74) is 1.80. The normalized spacial score (nSPS) is 26.6. The Morgan fingerprint density at radius 1 is 1.17 bits per heavy atom. The molecule has 0 spiro atoms. The first kappa shape index (κ1) is 20.3. The molecule has 0 radical (unpaired) electrons. The van der Waals surface area contributed by atoms with Gasteiger partial charge in [-0.1, -0.05) is 55.0 Å². The van der Waals surface area contributed by atoms with E-state index < -0.39 is 12.1 Å². The fourth-order valence-corrected chi connectivity index (χ4v) is 5.13. The van der Waals surface area contributed by atoms with E-state index in [0.29, 0.717) is 0 Å². The number of rotatable bonds is 6. The predicted molar refractivity (Wildman–Crippen MR) is 111 cm³/mol. The second-order valence-corrected chi connectivity index (χ2v) is 7.99. The number of nitrogens with zero attached hydrogens (tertiary/aromatic N) is 2. The molecule has 4 rings (SSSR count). The van der Waals surface area contributed by atoms with Gasteiger partial charge in [0.2, 0.25) is 6.54 Å². The number of hydrogen-bond acceptors (Lipinski definition) is 6. The Morgan fingerprint density at radius 2 is 1.83 bits per heavy atom. The molecular weight excluding hydrogens is 384 g/mol. The fourth-order valence-electron chi connectivity index (χ4n) is 5.13. The van der Waals surface area contributed by atoms with Crippen LogP contribution in [0.1, 0.15) is 30.7 Å². The van der Waals surface area contributed by atoms with Crippen molar-refractivity contribution in [2.75, 3.05) is 18.7 Å². The first-order chi connectivity index (χ1) is 14.6. The van der Waals surface area contributed by atoms with E-state index in [4.69, 9.17) is 9.57 Å². The molecule has 0 unspecified atom stereocenters. The fraction of sp³-hybridized carbons (Fsp3) is 0.435. The molecule has 30 heavy (non-hydrogen) atoms. The quantitative estimate of drug-likeness (QED) is 0.409. The molecule has 1 aliphatic heterocycles. The third-order valence-electron chi connectivity index (χ3n) is 6.37. The van der Waals surface area contributed by atoms with E-state index in [1.165, 1.54) is 7.11 Å². The van der Waals surface area contributed by atoms with Gasteiger partial charge in [0.05, 0.1) is 24.8 Å². The minimum absolute atomic E-state index is 0.0218. The Bertz CT molecular complexity index is 876. The van der Waals surface area contributed by atoms with E-state index >= 15 is 0 Å². The summed E-state index contributed by atoms with van der Waals surface area (Å²) in [5.74, 6) is -0.754. The van der Waals surface area contributed by atoms with Gasteiger partial charge < -0.3 is 4.74 Å². The molecule has 2 aromatic rings. The van der Waals surface area contributed by atoms with E-state index in [-0.39, 0.29) is 35.3 Å². The van der Waals surface area contributed by atoms with Gasteiger partial charge in [-0.2, -0.15) is 0 Å². The van der Waals surface area contributed by atoms with E-state index in [1.807, 2.05) is 65.7 Å². The van der Waals surface area contributed by atoms with Crippen LogP contribution in [0, 0.1) is 22.0 Å². The van der Waals surface area contributed by atoms with Crippen LogP contribution >= 0.6 is 0 Å². The first-order valence-electron chi connectivity index (χ1n) is 10.4. The highest BCUT2D eigenvalue weighted by molar-refractivity contribution is 5.76. The zero-order chi connectivity index (χ0) is 21.1. The van der Waals surface area contributed by atoms with Crippen LogP contribution in [0.15, 0.2) is 60.7 Å². The van der Waals surface area contributed by atoms with Crippen molar-refractivity contribution in [2.45, 2.75) is 37.3 Å². The monoisotopic (exact) mass is 410 g/mol. The predicted octanol–water partition coefficient (Wildman–Crippen LogP) is 3.83. The number of nitro groups is 1. The Balaban J connectivity index is 1.75. The summed E-state index contributed by atoms with van der Waals surface area (Å²) >= 11 is 0. The number of fused-ring (bicyclic) bond motifs is 1. The molecule has 5 atom stereocenters. The van der Waals surface area contributed by atoms with Gasteiger partial charge in [0, 0.05) is 10.8 Å². The minimum atomic E-state index is -0.699. The van der Waals surface area contributed by atoms with Crippen molar-refractivity contribution in [3.05, 3.63) is 76.3 Å². The number of para-hydroxylation sites is 1. The Kier molecular flexibility index (Phi) is 5.99. The summed E-state index contributed by atoms with van der Waals surface area (Å²) in [4.78, 5) is 30.0. The van der Waals surface area contributed by atoms with Crippen LogP contribution in [0.3, 0.4) is 0 Å². The molecule has 7 heteroatoms. The lowest BCUT2D eigenvalue weighted by Crippen LogP contribution is -2.46. The van der Waals surface area contributed by atoms with Crippen LogP contribution in [-0.4, -0.2) is 36.7 Å². The molecule has 1 saturated heterocycles. The molecule has 0 bridgehead atoms. The van der Waals surface area contributed by atoms with Crippen LogP contribution in [0.4, 0.5) is 5.69 Å². The second-order valence-electron chi connectivity index (χ2n) is 7.99. The maximum absolute atomic E-state index is 12.5. The molecule has 2 aliphatic rings. The smallest absolute Gasteiger partial charge is 0.338 e. The van der Waals surface area contributed by atoms with Crippen LogP contribution in [0.2, 0.25) is 0 Å². The molecule has 158 valence electrons. The van der Waals surface area contributed by atoms with E-state index in [2.05, 4.69) is 0 Å². The van der Waals surface area contributed by atoms with E-state index in [1.54, 1.807) is 0 Å². The lowest BCUT2D eigenvalue weighted by molar-refractivity contribution is -0.485. The van der Waals surface area contributed by atoms with E-state index in [0.717, 1.165) is 30.5 Å². The molecule has 2 fully saturated rings. The van der Waals surface area contributed by atoms with Gasteiger partial charge in [-0.15, -0.1) is 0 Å². The number of carbonyl (C=O) groups excluding carboxylic acids is 1. The van der Waals surface area contributed by atoms with Gasteiger partial charge in [0.25, 0.3) is 0 Å². The van der Waals surface area contributed by atoms with Crippen molar-refractivity contribution in [2.24, 2.45) is 11.8 Å². The van der Waals surface area contributed by atoms with Crippen molar-refractivity contribution in [3.63, 3.8) is 0 Å². The minimum Gasteiger partial charge on any atom is -0.467 e. The summed E-state index contributed by atoms with van der Waals surface area (Å²) in [6, 6.07) is 19.2. The number of methoxy groups -OCH3 is 1. The molecule has 2 aromatic carbocycles. The molecule has 1 aliphatic carbocycles. The van der Waals surface area contributed by atoms with Crippen LogP contribution in [0.25, 0.3) is 0 Å². The number of hydrogen-bond donors (Lipinski definition) is 0. The number of anilines is 1. The molecule has 1 heterocycles. The number of carbonyl (C=O) groups is 1. The molecule has 0 N–H and O–H groups in total. The summed E-state index contributed by atoms with van der Waals surface area (Å²) < 4.78 is 5.01. The lowest BCUT2D eigenvalue weighted by Gasteiger charge is -2.40. The summed E-state index contributed by atoms with van der Waals surface area (Å²) in [6.07, 6.45) is 1.86. The number of benzene rings is 2. The number of esters is 1.